The van der Waals surface area contributed by atoms with E-state index in [9.17, 15) is 4.79 Å². The molecule has 2 rings (SSSR count). The summed E-state index contributed by atoms with van der Waals surface area (Å²) >= 11 is 0. The number of hydrogen-bond acceptors (Lipinski definition) is 3. The number of aromatic carboxylic acids is 1. The van der Waals surface area contributed by atoms with Crippen molar-refractivity contribution < 1.29 is 14.6 Å². The molecule has 0 unspecified atom stereocenters. The Labute approximate surface area is 101 Å². The number of aromatic nitrogens is 1. The molecule has 0 aliphatic heterocycles. The summed E-state index contributed by atoms with van der Waals surface area (Å²) in [5.41, 5.74) is 2.24. The van der Waals surface area contributed by atoms with Crippen LogP contribution in [-0.4, -0.2) is 22.2 Å². The quantitative estimate of drug-likeness (QED) is 0.874. The molecule has 1 N–H and O–H groups in total. The standard InChI is InChI=1S/C13H17NO3/c1-8(2)17-12-10(13(15)16)7-9-5-3-4-6-11(9)14-12/h7-8H,3-6H2,1-2H3,(H,15,16). The fourth-order valence-electron chi connectivity index (χ4n) is 2.08. The Morgan fingerprint density at radius 2 is 2.12 bits per heavy atom. The molecule has 0 aromatic carbocycles. The predicted octanol–water partition coefficient (Wildman–Crippen LogP) is 2.45. The minimum Gasteiger partial charge on any atom is -0.477 e. The van der Waals surface area contributed by atoms with Gasteiger partial charge in [-0.1, -0.05) is 0 Å². The van der Waals surface area contributed by atoms with Gasteiger partial charge in [-0.15, -0.1) is 0 Å². The van der Waals surface area contributed by atoms with Crippen molar-refractivity contribution in [2.24, 2.45) is 0 Å². The fraction of sp³-hybridized carbons (Fsp3) is 0.538. The number of nitrogens with zero attached hydrogens (tertiary/aromatic N) is 1. The second-order valence-electron chi connectivity index (χ2n) is 4.63. The molecule has 1 aliphatic rings. The highest BCUT2D eigenvalue weighted by Crippen LogP contribution is 2.26. The summed E-state index contributed by atoms with van der Waals surface area (Å²) in [6.45, 7) is 3.74. The maximum atomic E-state index is 11.2. The molecule has 17 heavy (non-hydrogen) atoms. The van der Waals surface area contributed by atoms with Gasteiger partial charge in [-0.2, -0.15) is 0 Å². The third kappa shape index (κ3) is 2.57. The summed E-state index contributed by atoms with van der Waals surface area (Å²) in [5, 5.41) is 9.16. The Morgan fingerprint density at radius 3 is 2.76 bits per heavy atom. The smallest absolute Gasteiger partial charge is 0.341 e. The Bertz CT molecular complexity index is 441. The largest absolute Gasteiger partial charge is 0.477 e. The van der Waals surface area contributed by atoms with E-state index < -0.39 is 5.97 Å². The van der Waals surface area contributed by atoms with Gasteiger partial charge in [0.1, 0.15) is 5.56 Å². The topological polar surface area (TPSA) is 59.4 Å². The van der Waals surface area contributed by atoms with E-state index in [1.807, 2.05) is 13.8 Å². The summed E-state index contributed by atoms with van der Waals surface area (Å²) in [5.74, 6) is -0.713. The zero-order valence-corrected chi connectivity index (χ0v) is 10.2. The van der Waals surface area contributed by atoms with Crippen molar-refractivity contribution in [3.8, 4) is 5.88 Å². The molecule has 0 bridgehead atoms. The van der Waals surface area contributed by atoms with Crippen LogP contribution in [0.2, 0.25) is 0 Å². The van der Waals surface area contributed by atoms with Crippen molar-refractivity contribution in [3.63, 3.8) is 0 Å². The van der Waals surface area contributed by atoms with Crippen LogP contribution in [0.1, 0.15) is 48.3 Å². The molecule has 0 fully saturated rings. The van der Waals surface area contributed by atoms with Crippen LogP contribution in [0.25, 0.3) is 0 Å². The maximum absolute atomic E-state index is 11.2. The Hall–Kier alpha value is -1.58. The lowest BCUT2D eigenvalue weighted by molar-refractivity contribution is 0.0689. The van der Waals surface area contributed by atoms with Gasteiger partial charge in [-0.05, 0) is 51.2 Å². The molecule has 0 spiro atoms. The third-order valence-electron chi connectivity index (χ3n) is 2.84. The first-order chi connectivity index (χ1) is 8.08. The van der Waals surface area contributed by atoms with Gasteiger partial charge in [0.25, 0.3) is 0 Å². The molecular weight excluding hydrogens is 218 g/mol. The zero-order chi connectivity index (χ0) is 12.4. The maximum Gasteiger partial charge on any atom is 0.341 e. The first kappa shape index (κ1) is 11.9. The van der Waals surface area contributed by atoms with Crippen molar-refractivity contribution in [3.05, 3.63) is 22.9 Å². The van der Waals surface area contributed by atoms with Gasteiger partial charge in [0.15, 0.2) is 0 Å². The molecule has 1 heterocycles. The molecule has 0 amide bonds. The summed E-state index contributed by atoms with van der Waals surface area (Å²) in [7, 11) is 0. The summed E-state index contributed by atoms with van der Waals surface area (Å²) in [6.07, 6.45) is 4.00. The number of rotatable bonds is 3. The Balaban J connectivity index is 2.44. The molecule has 0 atom stereocenters. The van der Waals surface area contributed by atoms with Crippen LogP contribution >= 0.6 is 0 Å². The van der Waals surface area contributed by atoms with Gasteiger partial charge in [0.05, 0.1) is 6.10 Å². The van der Waals surface area contributed by atoms with Crippen LogP contribution in [0.15, 0.2) is 6.07 Å². The van der Waals surface area contributed by atoms with Gasteiger partial charge < -0.3 is 9.84 Å². The molecule has 1 aromatic rings. The first-order valence-corrected chi connectivity index (χ1v) is 6.00. The lowest BCUT2D eigenvalue weighted by atomic mass is 9.95. The van der Waals surface area contributed by atoms with Crippen molar-refractivity contribution in [2.75, 3.05) is 0 Å². The number of carbonyl (C=O) groups is 1. The second kappa shape index (κ2) is 4.73. The minimum absolute atomic E-state index is 0.0674. The molecule has 4 heteroatoms. The molecule has 1 aromatic heterocycles. The van der Waals surface area contributed by atoms with Crippen molar-refractivity contribution in [1.82, 2.24) is 4.98 Å². The van der Waals surface area contributed by atoms with Gasteiger partial charge in [-0.25, -0.2) is 9.78 Å². The molecule has 0 saturated carbocycles. The van der Waals surface area contributed by atoms with Gasteiger partial charge in [0.2, 0.25) is 5.88 Å². The number of hydrogen-bond donors (Lipinski definition) is 1. The van der Waals surface area contributed by atoms with Crippen LogP contribution in [0, 0.1) is 0 Å². The van der Waals surface area contributed by atoms with Crippen molar-refractivity contribution in [2.45, 2.75) is 45.6 Å². The average molecular weight is 235 g/mol. The monoisotopic (exact) mass is 235 g/mol. The number of pyridine rings is 1. The Morgan fingerprint density at radius 1 is 1.41 bits per heavy atom. The van der Waals surface area contributed by atoms with Crippen LogP contribution in [0.3, 0.4) is 0 Å². The molecule has 0 saturated heterocycles. The SMILES string of the molecule is CC(C)Oc1nc2c(cc1C(=O)O)CCCC2. The van der Waals surface area contributed by atoms with E-state index in [2.05, 4.69) is 4.98 Å². The Kier molecular flexibility index (Phi) is 3.31. The highest BCUT2D eigenvalue weighted by molar-refractivity contribution is 5.90. The lowest BCUT2D eigenvalue weighted by Crippen LogP contribution is -2.15. The van der Waals surface area contributed by atoms with Crippen molar-refractivity contribution >= 4 is 5.97 Å². The van der Waals surface area contributed by atoms with E-state index >= 15 is 0 Å². The fourth-order valence-corrected chi connectivity index (χ4v) is 2.08. The molecular formula is C13H17NO3. The van der Waals surface area contributed by atoms with E-state index in [-0.39, 0.29) is 17.5 Å². The van der Waals surface area contributed by atoms with Crippen LogP contribution in [0.4, 0.5) is 0 Å². The number of aryl methyl sites for hydroxylation is 2. The average Bonchev–Trinajstić information content (AvgIpc) is 2.27. The molecule has 4 nitrogen and oxygen atoms in total. The van der Waals surface area contributed by atoms with Gasteiger partial charge in [-0.3, -0.25) is 0 Å². The summed E-state index contributed by atoms with van der Waals surface area (Å²) < 4.78 is 5.48. The third-order valence-corrected chi connectivity index (χ3v) is 2.84. The van der Waals surface area contributed by atoms with E-state index in [4.69, 9.17) is 9.84 Å². The van der Waals surface area contributed by atoms with Crippen LogP contribution in [0.5, 0.6) is 5.88 Å². The van der Waals surface area contributed by atoms with Crippen molar-refractivity contribution in [1.29, 1.82) is 0 Å². The highest BCUT2D eigenvalue weighted by atomic mass is 16.5. The van der Waals surface area contributed by atoms with Gasteiger partial charge in [0, 0.05) is 5.69 Å². The predicted molar refractivity (Wildman–Crippen MR) is 63.6 cm³/mol. The minimum atomic E-state index is -0.971. The zero-order valence-electron chi connectivity index (χ0n) is 10.2. The van der Waals surface area contributed by atoms with Crippen LogP contribution in [-0.2, 0) is 12.8 Å². The van der Waals surface area contributed by atoms with E-state index in [1.54, 1.807) is 6.07 Å². The van der Waals surface area contributed by atoms with Gasteiger partial charge >= 0.3 is 5.97 Å². The normalized spacial score (nSPS) is 14.5. The molecule has 1 aliphatic carbocycles. The number of carboxylic acids is 1. The summed E-state index contributed by atoms with van der Waals surface area (Å²) in [6, 6.07) is 1.72. The number of carboxylic acid groups (broad SMARTS) is 1. The van der Waals surface area contributed by atoms with Crippen LogP contribution < -0.4 is 4.74 Å². The van der Waals surface area contributed by atoms with E-state index in [0.29, 0.717) is 0 Å². The number of ether oxygens (including phenoxy) is 1. The lowest BCUT2D eigenvalue weighted by Gasteiger charge is -2.18. The van der Waals surface area contributed by atoms with E-state index in [0.717, 1.165) is 36.9 Å². The molecule has 92 valence electrons. The number of fused-ring (bicyclic) bond motifs is 1. The summed E-state index contributed by atoms with van der Waals surface area (Å²) in [4.78, 5) is 15.5. The molecule has 0 radical (unpaired) electrons. The van der Waals surface area contributed by atoms with E-state index in [1.165, 1.54) is 0 Å². The highest BCUT2D eigenvalue weighted by Gasteiger charge is 2.20. The first-order valence-electron chi connectivity index (χ1n) is 6.00. The second-order valence-corrected chi connectivity index (χ2v) is 4.63.